The van der Waals surface area contributed by atoms with Crippen LogP contribution in [0.1, 0.15) is 23.8 Å². The Bertz CT molecular complexity index is 664. The molecule has 5 heteroatoms. The molecule has 2 aromatic rings. The molecule has 0 unspecified atom stereocenters. The number of para-hydroxylation sites is 1. The van der Waals surface area contributed by atoms with Crippen molar-refractivity contribution in [2.24, 2.45) is 0 Å². The summed E-state index contributed by atoms with van der Waals surface area (Å²) >= 11 is 0. The normalized spacial score (nSPS) is 15.1. The Hall–Kier alpha value is -2.82. The lowest BCUT2D eigenvalue weighted by molar-refractivity contribution is -0.205. The highest BCUT2D eigenvalue weighted by molar-refractivity contribution is 5.92. The molecule has 1 aliphatic rings. The van der Waals surface area contributed by atoms with Crippen LogP contribution in [-0.2, 0) is 25.7 Å². The van der Waals surface area contributed by atoms with E-state index in [1.807, 2.05) is 30.3 Å². The zero-order chi connectivity index (χ0) is 15.4. The molecule has 0 saturated carbocycles. The summed E-state index contributed by atoms with van der Waals surface area (Å²) in [5.74, 6) is -0.683. The van der Waals surface area contributed by atoms with E-state index in [9.17, 15) is 9.59 Å². The van der Waals surface area contributed by atoms with E-state index in [1.165, 1.54) is 0 Å². The van der Waals surface area contributed by atoms with Crippen LogP contribution in [-0.4, -0.2) is 11.9 Å². The molecule has 1 aliphatic heterocycles. The van der Waals surface area contributed by atoms with Gasteiger partial charge in [-0.15, -0.1) is 0 Å². The Labute approximate surface area is 127 Å². The van der Waals surface area contributed by atoms with Gasteiger partial charge in [0, 0.05) is 0 Å². The highest BCUT2D eigenvalue weighted by Gasteiger charge is 2.31. The molecule has 0 bridgehead atoms. The van der Waals surface area contributed by atoms with Crippen molar-refractivity contribution in [1.82, 2.24) is 0 Å². The first-order valence-electron chi connectivity index (χ1n) is 6.87. The van der Waals surface area contributed by atoms with Gasteiger partial charge in [-0.3, -0.25) is 9.59 Å². The summed E-state index contributed by atoms with van der Waals surface area (Å²) in [6.45, 7) is 0.368. The van der Waals surface area contributed by atoms with Gasteiger partial charge in [0.15, 0.2) is 0 Å². The number of carbonyl (C=O) groups is 2. The van der Waals surface area contributed by atoms with E-state index < -0.39 is 18.2 Å². The van der Waals surface area contributed by atoms with Gasteiger partial charge in [0.25, 0.3) is 6.29 Å². The van der Waals surface area contributed by atoms with Crippen LogP contribution in [0.3, 0.4) is 0 Å². The Morgan fingerprint density at radius 1 is 0.909 bits per heavy atom. The van der Waals surface area contributed by atoms with Crippen molar-refractivity contribution in [2.45, 2.75) is 19.3 Å². The summed E-state index contributed by atoms with van der Waals surface area (Å²) in [5.41, 5.74) is 1.52. The number of cyclic esters (lactones) is 2. The molecule has 3 rings (SSSR count). The minimum Gasteiger partial charge on any atom is -0.488 e. The second-order valence-corrected chi connectivity index (χ2v) is 4.80. The number of ether oxygens (including phenoxy) is 3. The fraction of sp³-hybridized carbons (Fsp3) is 0.176. The van der Waals surface area contributed by atoms with Gasteiger partial charge in [0.05, 0.1) is 5.56 Å². The van der Waals surface area contributed by atoms with Gasteiger partial charge in [-0.05, 0) is 17.7 Å². The van der Waals surface area contributed by atoms with Crippen LogP contribution in [0.25, 0.3) is 0 Å². The minimum absolute atomic E-state index is 0.358. The van der Waals surface area contributed by atoms with E-state index in [0.29, 0.717) is 17.9 Å². The quantitative estimate of drug-likeness (QED) is 0.641. The van der Waals surface area contributed by atoms with Crippen LogP contribution in [0.15, 0.2) is 54.6 Å². The van der Waals surface area contributed by atoms with Crippen molar-refractivity contribution in [2.75, 3.05) is 0 Å². The molecule has 0 atom stereocenters. The number of benzene rings is 2. The molecule has 0 aromatic heterocycles. The molecule has 0 amide bonds. The Morgan fingerprint density at radius 3 is 2.27 bits per heavy atom. The third-order valence-corrected chi connectivity index (χ3v) is 3.18. The molecule has 1 fully saturated rings. The number of rotatable bonds is 4. The number of hydrogen-bond acceptors (Lipinski definition) is 5. The molecule has 0 spiro atoms. The van der Waals surface area contributed by atoms with Crippen LogP contribution < -0.4 is 4.74 Å². The van der Waals surface area contributed by atoms with Crippen molar-refractivity contribution in [3.05, 3.63) is 65.7 Å². The maximum Gasteiger partial charge on any atom is 0.320 e. The van der Waals surface area contributed by atoms with Crippen LogP contribution in [0, 0.1) is 0 Å². The maximum absolute atomic E-state index is 11.4. The molecule has 22 heavy (non-hydrogen) atoms. The van der Waals surface area contributed by atoms with Crippen molar-refractivity contribution in [3.63, 3.8) is 0 Å². The highest BCUT2D eigenvalue weighted by Crippen LogP contribution is 2.31. The first kappa shape index (κ1) is 14.1. The van der Waals surface area contributed by atoms with Gasteiger partial charge in [-0.25, -0.2) is 0 Å². The van der Waals surface area contributed by atoms with E-state index in [4.69, 9.17) is 14.2 Å². The van der Waals surface area contributed by atoms with Gasteiger partial charge >= 0.3 is 11.9 Å². The predicted molar refractivity (Wildman–Crippen MR) is 76.8 cm³/mol. The Balaban J connectivity index is 1.78. The maximum atomic E-state index is 11.4. The summed E-state index contributed by atoms with van der Waals surface area (Å²) < 4.78 is 15.9. The molecule has 1 saturated heterocycles. The second kappa shape index (κ2) is 6.30. The first-order chi connectivity index (χ1) is 10.7. The number of esters is 2. The van der Waals surface area contributed by atoms with Crippen molar-refractivity contribution >= 4 is 11.9 Å². The van der Waals surface area contributed by atoms with Gasteiger partial charge in [0.1, 0.15) is 18.8 Å². The number of carbonyl (C=O) groups excluding carboxylic acids is 2. The van der Waals surface area contributed by atoms with Gasteiger partial charge in [-0.2, -0.15) is 0 Å². The lowest BCUT2D eigenvalue weighted by atomic mass is 10.1. The SMILES string of the molecule is O=C1CC(=O)OC(c2ccccc2OCc2ccccc2)O1. The lowest BCUT2D eigenvalue weighted by Gasteiger charge is -2.24. The monoisotopic (exact) mass is 298 g/mol. The van der Waals surface area contributed by atoms with E-state index in [-0.39, 0.29) is 6.42 Å². The zero-order valence-corrected chi connectivity index (χ0v) is 11.7. The second-order valence-electron chi connectivity index (χ2n) is 4.80. The molecule has 0 N–H and O–H groups in total. The lowest BCUT2D eigenvalue weighted by Crippen LogP contribution is -2.27. The summed E-state index contributed by atoms with van der Waals surface area (Å²) in [6.07, 6.45) is -1.41. The Morgan fingerprint density at radius 2 is 1.55 bits per heavy atom. The standard InChI is InChI=1S/C17H14O5/c18-15-10-16(19)22-17(21-15)13-8-4-5-9-14(13)20-11-12-6-2-1-3-7-12/h1-9,17H,10-11H2. The first-order valence-corrected chi connectivity index (χ1v) is 6.87. The van der Waals surface area contributed by atoms with Crippen LogP contribution in [0.2, 0.25) is 0 Å². The highest BCUT2D eigenvalue weighted by atomic mass is 16.7. The third kappa shape index (κ3) is 3.25. The molecule has 112 valence electrons. The smallest absolute Gasteiger partial charge is 0.320 e. The van der Waals surface area contributed by atoms with E-state index in [2.05, 4.69) is 0 Å². The van der Waals surface area contributed by atoms with E-state index in [1.54, 1.807) is 24.3 Å². The average Bonchev–Trinajstić information content (AvgIpc) is 2.53. The van der Waals surface area contributed by atoms with Gasteiger partial charge in [0.2, 0.25) is 0 Å². The molecule has 2 aromatic carbocycles. The fourth-order valence-corrected chi connectivity index (χ4v) is 2.13. The summed E-state index contributed by atoms with van der Waals surface area (Å²) in [4.78, 5) is 22.8. The summed E-state index contributed by atoms with van der Waals surface area (Å²) in [5, 5.41) is 0. The van der Waals surface area contributed by atoms with E-state index in [0.717, 1.165) is 5.56 Å². The van der Waals surface area contributed by atoms with Gasteiger partial charge < -0.3 is 14.2 Å². The largest absolute Gasteiger partial charge is 0.488 e. The molecule has 5 nitrogen and oxygen atoms in total. The van der Waals surface area contributed by atoms with Crippen LogP contribution in [0.5, 0.6) is 5.75 Å². The third-order valence-electron chi connectivity index (χ3n) is 3.18. The molecule has 1 heterocycles. The zero-order valence-electron chi connectivity index (χ0n) is 11.7. The van der Waals surface area contributed by atoms with Gasteiger partial charge in [-0.1, -0.05) is 42.5 Å². The molecule has 0 aliphatic carbocycles. The molecule has 0 radical (unpaired) electrons. The molecular formula is C17H14O5. The van der Waals surface area contributed by atoms with Crippen LogP contribution >= 0.6 is 0 Å². The van der Waals surface area contributed by atoms with Crippen molar-refractivity contribution in [1.29, 1.82) is 0 Å². The number of hydrogen-bond donors (Lipinski definition) is 0. The Kier molecular flexibility index (Phi) is 4.05. The topological polar surface area (TPSA) is 61.8 Å². The summed E-state index contributed by atoms with van der Waals surface area (Å²) in [7, 11) is 0. The molecular weight excluding hydrogens is 284 g/mol. The minimum atomic E-state index is -1.05. The van der Waals surface area contributed by atoms with Crippen LogP contribution in [0.4, 0.5) is 0 Å². The van der Waals surface area contributed by atoms with Crippen molar-refractivity contribution < 1.29 is 23.8 Å². The predicted octanol–water partition coefficient (Wildman–Crippen LogP) is 2.75. The average molecular weight is 298 g/mol. The summed E-state index contributed by atoms with van der Waals surface area (Å²) in [6, 6.07) is 16.7. The van der Waals surface area contributed by atoms with Crippen molar-refractivity contribution in [3.8, 4) is 5.75 Å². The van der Waals surface area contributed by atoms with E-state index >= 15 is 0 Å². The fourth-order valence-electron chi connectivity index (χ4n) is 2.13.